The summed E-state index contributed by atoms with van der Waals surface area (Å²) in [5.41, 5.74) is 0.194. The molecule has 0 aliphatic carbocycles. The van der Waals surface area contributed by atoms with Crippen molar-refractivity contribution in [3.63, 3.8) is 0 Å². The van der Waals surface area contributed by atoms with E-state index in [2.05, 4.69) is 4.72 Å². The Balaban J connectivity index is 2.24. The van der Waals surface area contributed by atoms with Crippen molar-refractivity contribution >= 4 is 21.7 Å². The SMILES string of the molecule is CC(C)(C(=O)O)c1ccc(NS(=O)(=O)c2ccc(C#N)cc2)cc1. The monoisotopic (exact) mass is 344 g/mol. The highest BCUT2D eigenvalue weighted by Crippen LogP contribution is 2.25. The molecule has 2 rings (SSSR count). The predicted octanol–water partition coefficient (Wildman–Crippen LogP) is 2.72. The summed E-state index contributed by atoms with van der Waals surface area (Å²) in [6.07, 6.45) is 0. The summed E-state index contributed by atoms with van der Waals surface area (Å²) in [6, 6.07) is 13.6. The number of anilines is 1. The third kappa shape index (κ3) is 3.55. The van der Waals surface area contributed by atoms with E-state index in [1.54, 1.807) is 26.0 Å². The van der Waals surface area contributed by atoms with Gasteiger partial charge in [0.05, 0.1) is 21.9 Å². The van der Waals surface area contributed by atoms with Crippen molar-refractivity contribution in [2.45, 2.75) is 24.2 Å². The first kappa shape index (κ1) is 17.5. The predicted molar refractivity (Wildman–Crippen MR) is 89.1 cm³/mol. The summed E-state index contributed by atoms with van der Waals surface area (Å²) in [6.45, 7) is 3.15. The second-order valence-electron chi connectivity index (χ2n) is 5.75. The fourth-order valence-corrected chi connectivity index (χ4v) is 3.06. The van der Waals surface area contributed by atoms with Gasteiger partial charge in [-0.1, -0.05) is 12.1 Å². The molecule has 0 heterocycles. The molecular formula is C17H16N2O4S. The van der Waals surface area contributed by atoms with Gasteiger partial charge in [-0.05, 0) is 55.8 Å². The molecule has 6 nitrogen and oxygen atoms in total. The molecule has 0 fully saturated rings. The fraction of sp³-hybridized carbons (Fsp3) is 0.176. The number of nitrogens with one attached hydrogen (secondary N) is 1. The summed E-state index contributed by atoms with van der Waals surface area (Å²) < 4.78 is 27.0. The van der Waals surface area contributed by atoms with Crippen molar-refractivity contribution in [2.24, 2.45) is 0 Å². The van der Waals surface area contributed by atoms with Crippen LogP contribution in [0.5, 0.6) is 0 Å². The van der Waals surface area contributed by atoms with Crippen LogP contribution in [-0.2, 0) is 20.2 Å². The average Bonchev–Trinajstić information content (AvgIpc) is 2.55. The van der Waals surface area contributed by atoms with E-state index < -0.39 is 21.4 Å². The van der Waals surface area contributed by atoms with Crippen LogP contribution in [0.2, 0.25) is 0 Å². The number of aliphatic carboxylic acids is 1. The lowest BCUT2D eigenvalue weighted by Crippen LogP contribution is -2.28. The van der Waals surface area contributed by atoms with Gasteiger partial charge < -0.3 is 5.11 Å². The summed E-state index contributed by atoms with van der Waals surface area (Å²) in [5.74, 6) is -0.964. The Bertz CT molecular complexity index is 893. The van der Waals surface area contributed by atoms with Gasteiger partial charge in [-0.2, -0.15) is 5.26 Å². The van der Waals surface area contributed by atoms with Gasteiger partial charge in [0.2, 0.25) is 0 Å². The average molecular weight is 344 g/mol. The lowest BCUT2D eigenvalue weighted by molar-refractivity contribution is -0.142. The molecule has 0 aliphatic heterocycles. The Morgan fingerprint density at radius 2 is 1.62 bits per heavy atom. The molecule has 0 unspecified atom stereocenters. The van der Waals surface area contributed by atoms with E-state index in [1.165, 1.54) is 36.4 Å². The Kier molecular flexibility index (Phi) is 4.62. The minimum absolute atomic E-state index is 0.0384. The van der Waals surface area contributed by atoms with Crippen LogP contribution < -0.4 is 4.72 Å². The zero-order valence-electron chi connectivity index (χ0n) is 13.1. The molecule has 0 atom stereocenters. The Labute approximate surface area is 140 Å². The molecule has 2 aromatic carbocycles. The molecule has 2 N–H and O–H groups in total. The first-order chi connectivity index (χ1) is 11.2. The van der Waals surface area contributed by atoms with E-state index in [0.717, 1.165) is 0 Å². The van der Waals surface area contributed by atoms with E-state index >= 15 is 0 Å². The van der Waals surface area contributed by atoms with Crippen LogP contribution in [0.25, 0.3) is 0 Å². The number of nitriles is 1. The summed E-state index contributed by atoms with van der Waals surface area (Å²) in [5, 5.41) is 17.9. The number of sulfonamides is 1. The van der Waals surface area contributed by atoms with Gasteiger partial charge in [0.1, 0.15) is 0 Å². The number of hydrogen-bond acceptors (Lipinski definition) is 4. The van der Waals surface area contributed by atoms with Crippen LogP contribution in [0.15, 0.2) is 53.4 Å². The molecule has 0 spiro atoms. The molecular weight excluding hydrogens is 328 g/mol. The number of nitrogens with zero attached hydrogens (tertiary/aromatic N) is 1. The second-order valence-corrected chi connectivity index (χ2v) is 7.43. The van der Waals surface area contributed by atoms with Gasteiger partial charge in [-0.3, -0.25) is 9.52 Å². The molecule has 124 valence electrons. The topological polar surface area (TPSA) is 107 Å². The molecule has 24 heavy (non-hydrogen) atoms. The highest BCUT2D eigenvalue weighted by Gasteiger charge is 2.29. The molecule has 0 radical (unpaired) electrons. The molecule has 0 aromatic heterocycles. The second kappa shape index (κ2) is 6.34. The number of rotatable bonds is 5. The first-order valence-corrected chi connectivity index (χ1v) is 8.52. The first-order valence-electron chi connectivity index (χ1n) is 7.04. The molecule has 0 aliphatic rings. The van der Waals surface area contributed by atoms with Gasteiger partial charge in [0, 0.05) is 5.69 Å². The highest BCUT2D eigenvalue weighted by atomic mass is 32.2. The lowest BCUT2D eigenvalue weighted by Gasteiger charge is -2.20. The van der Waals surface area contributed by atoms with Gasteiger partial charge in [0.25, 0.3) is 10.0 Å². The lowest BCUT2D eigenvalue weighted by atomic mass is 9.85. The Morgan fingerprint density at radius 3 is 2.08 bits per heavy atom. The zero-order chi connectivity index (χ0) is 18.0. The van der Waals surface area contributed by atoms with Gasteiger partial charge >= 0.3 is 5.97 Å². The van der Waals surface area contributed by atoms with Crippen molar-refractivity contribution in [3.8, 4) is 6.07 Å². The Hall–Kier alpha value is -2.85. The van der Waals surface area contributed by atoms with Gasteiger partial charge in [-0.15, -0.1) is 0 Å². The normalized spacial score (nSPS) is 11.5. The Morgan fingerprint density at radius 1 is 1.08 bits per heavy atom. The van der Waals surface area contributed by atoms with Crippen LogP contribution in [0.1, 0.15) is 25.0 Å². The van der Waals surface area contributed by atoms with Crippen molar-refractivity contribution in [1.82, 2.24) is 0 Å². The van der Waals surface area contributed by atoms with E-state index in [9.17, 15) is 18.3 Å². The van der Waals surface area contributed by atoms with Gasteiger partial charge in [0.15, 0.2) is 0 Å². The minimum atomic E-state index is -3.78. The summed E-state index contributed by atoms with van der Waals surface area (Å²) in [4.78, 5) is 11.3. The van der Waals surface area contributed by atoms with Crippen LogP contribution in [-0.4, -0.2) is 19.5 Å². The van der Waals surface area contributed by atoms with Crippen LogP contribution >= 0.6 is 0 Å². The maximum absolute atomic E-state index is 12.3. The smallest absolute Gasteiger partial charge is 0.313 e. The van der Waals surface area contributed by atoms with E-state index in [1.807, 2.05) is 6.07 Å². The third-order valence-electron chi connectivity index (χ3n) is 3.69. The van der Waals surface area contributed by atoms with Crippen molar-refractivity contribution < 1.29 is 18.3 Å². The highest BCUT2D eigenvalue weighted by molar-refractivity contribution is 7.92. The van der Waals surface area contributed by atoms with Crippen molar-refractivity contribution in [2.75, 3.05) is 4.72 Å². The number of hydrogen-bond donors (Lipinski definition) is 2. The standard InChI is InChI=1S/C17H16N2O4S/c1-17(2,16(20)21)13-5-7-14(8-6-13)19-24(22,23)15-9-3-12(11-18)4-10-15/h3-10,19H,1-2H3,(H,20,21). The minimum Gasteiger partial charge on any atom is -0.481 e. The molecule has 7 heteroatoms. The van der Waals surface area contributed by atoms with E-state index in [-0.39, 0.29) is 4.90 Å². The van der Waals surface area contributed by atoms with Crippen LogP contribution in [0.3, 0.4) is 0 Å². The van der Waals surface area contributed by atoms with Crippen LogP contribution in [0, 0.1) is 11.3 Å². The zero-order valence-corrected chi connectivity index (χ0v) is 14.0. The fourth-order valence-electron chi connectivity index (χ4n) is 2.00. The van der Waals surface area contributed by atoms with E-state index in [4.69, 9.17) is 5.26 Å². The number of carboxylic acids is 1. The number of carbonyl (C=O) groups is 1. The summed E-state index contributed by atoms with van der Waals surface area (Å²) >= 11 is 0. The maximum Gasteiger partial charge on any atom is 0.313 e. The quantitative estimate of drug-likeness (QED) is 0.867. The molecule has 0 saturated heterocycles. The maximum atomic E-state index is 12.3. The summed E-state index contributed by atoms with van der Waals surface area (Å²) in [7, 11) is -3.78. The molecule has 0 bridgehead atoms. The van der Waals surface area contributed by atoms with Crippen LogP contribution in [0.4, 0.5) is 5.69 Å². The number of carboxylic acid groups (broad SMARTS) is 1. The van der Waals surface area contributed by atoms with Gasteiger partial charge in [-0.25, -0.2) is 8.42 Å². The van der Waals surface area contributed by atoms with Crippen molar-refractivity contribution in [1.29, 1.82) is 5.26 Å². The van der Waals surface area contributed by atoms with Crippen molar-refractivity contribution in [3.05, 3.63) is 59.7 Å². The third-order valence-corrected chi connectivity index (χ3v) is 5.08. The largest absolute Gasteiger partial charge is 0.481 e. The molecule has 0 saturated carbocycles. The molecule has 2 aromatic rings. The van der Waals surface area contributed by atoms with E-state index in [0.29, 0.717) is 16.8 Å². The number of benzene rings is 2. The molecule has 0 amide bonds.